The highest BCUT2D eigenvalue weighted by atomic mass is 35.5. The molecule has 1 atom stereocenters. The second kappa shape index (κ2) is 6.76. The van der Waals surface area contributed by atoms with Crippen LogP contribution in [0.4, 0.5) is 4.79 Å². The minimum atomic E-state index is -1.26. The molecule has 1 aromatic carbocycles. The lowest BCUT2D eigenvalue weighted by molar-refractivity contribution is -0.139. The lowest BCUT2D eigenvalue weighted by Crippen LogP contribution is -2.53. The summed E-state index contributed by atoms with van der Waals surface area (Å²) in [5.41, 5.74) is -0.609. The van der Waals surface area contributed by atoms with E-state index >= 15 is 0 Å². The molecule has 2 N–H and O–H groups in total. The van der Waals surface area contributed by atoms with Crippen molar-refractivity contribution in [2.45, 2.75) is 25.4 Å². The summed E-state index contributed by atoms with van der Waals surface area (Å²) in [4.78, 5) is 26.7. The van der Waals surface area contributed by atoms with Crippen LogP contribution in [0, 0.1) is 0 Å². The Kier molecular flexibility index (Phi) is 5.16. The molecule has 7 heteroatoms. The molecule has 2 rings (SSSR count). The number of carbonyl (C=O) groups is 2. The highest BCUT2D eigenvalue weighted by Gasteiger charge is 2.38. The zero-order valence-electron chi connectivity index (χ0n) is 13.2. The number of hydrogen-bond donors (Lipinski definition) is 2. The number of aliphatic hydroxyl groups is 1. The summed E-state index contributed by atoms with van der Waals surface area (Å²) in [7, 11) is 0. The summed E-state index contributed by atoms with van der Waals surface area (Å²) in [6, 6.07) is 6.89. The second-order valence-corrected chi connectivity index (χ2v) is 6.67. The minimum Gasteiger partial charge on any atom is -0.465 e. The lowest BCUT2D eigenvalue weighted by Gasteiger charge is -2.38. The number of benzene rings is 1. The number of nitrogens with zero attached hydrogens (tertiary/aromatic N) is 2. The van der Waals surface area contributed by atoms with Crippen molar-refractivity contribution < 1.29 is 19.8 Å². The molecule has 1 fully saturated rings. The van der Waals surface area contributed by atoms with Gasteiger partial charge in [0.05, 0.1) is 11.5 Å². The molecule has 1 unspecified atom stereocenters. The highest BCUT2D eigenvalue weighted by Crippen LogP contribution is 2.31. The van der Waals surface area contributed by atoms with Crippen molar-refractivity contribution in [3.8, 4) is 0 Å². The lowest BCUT2D eigenvalue weighted by atomic mass is 9.83. The van der Waals surface area contributed by atoms with E-state index in [9.17, 15) is 14.7 Å². The Hall–Kier alpha value is -1.79. The van der Waals surface area contributed by atoms with Crippen molar-refractivity contribution in [1.29, 1.82) is 0 Å². The molecule has 1 heterocycles. The van der Waals surface area contributed by atoms with E-state index in [1.807, 2.05) is 0 Å². The maximum absolute atomic E-state index is 12.9. The Balaban J connectivity index is 2.21. The Morgan fingerprint density at radius 3 is 2.22 bits per heavy atom. The van der Waals surface area contributed by atoms with Gasteiger partial charge in [-0.15, -0.1) is 0 Å². The average molecular weight is 341 g/mol. The van der Waals surface area contributed by atoms with Crippen molar-refractivity contribution >= 4 is 23.6 Å². The van der Waals surface area contributed by atoms with Gasteiger partial charge < -0.3 is 20.0 Å². The van der Waals surface area contributed by atoms with Crippen LogP contribution in [-0.2, 0) is 4.79 Å². The van der Waals surface area contributed by atoms with E-state index < -0.39 is 17.6 Å². The zero-order chi connectivity index (χ0) is 17.2. The number of carbonyl (C=O) groups excluding carboxylic acids is 1. The SMILES string of the molecule is CC(C)(O)C(C(=O)N1CCN(C(=O)O)CC1)c1cccc(Cl)c1. The van der Waals surface area contributed by atoms with Crippen LogP contribution in [0.15, 0.2) is 24.3 Å². The van der Waals surface area contributed by atoms with Crippen molar-refractivity contribution in [3.05, 3.63) is 34.9 Å². The van der Waals surface area contributed by atoms with Crippen LogP contribution < -0.4 is 0 Å². The molecule has 23 heavy (non-hydrogen) atoms. The molecule has 1 aromatic rings. The first kappa shape index (κ1) is 17.6. The molecule has 1 saturated heterocycles. The molecule has 0 spiro atoms. The van der Waals surface area contributed by atoms with Crippen LogP contribution in [0.5, 0.6) is 0 Å². The maximum Gasteiger partial charge on any atom is 0.407 e. The van der Waals surface area contributed by atoms with E-state index in [0.29, 0.717) is 23.7 Å². The number of rotatable bonds is 3. The van der Waals surface area contributed by atoms with Crippen molar-refractivity contribution in [1.82, 2.24) is 9.80 Å². The quantitative estimate of drug-likeness (QED) is 0.882. The Morgan fingerprint density at radius 2 is 1.74 bits per heavy atom. The fourth-order valence-electron chi connectivity index (χ4n) is 2.84. The van der Waals surface area contributed by atoms with Gasteiger partial charge in [0, 0.05) is 31.2 Å². The van der Waals surface area contributed by atoms with Crippen LogP contribution in [0.2, 0.25) is 5.02 Å². The van der Waals surface area contributed by atoms with Crippen LogP contribution >= 0.6 is 11.6 Å². The van der Waals surface area contributed by atoms with Gasteiger partial charge in [-0.05, 0) is 31.5 Å². The third-order valence-electron chi connectivity index (χ3n) is 4.00. The van der Waals surface area contributed by atoms with Crippen LogP contribution in [-0.4, -0.2) is 63.8 Å². The van der Waals surface area contributed by atoms with E-state index in [4.69, 9.17) is 16.7 Å². The fraction of sp³-hybridized carbons (Fsp3) is 0.500. The van der Waals surface area contributed by atoms with Gasteiger partial charge in [0.1, 0.15) is 0 Å². The summed E-state index contributed by atoms with van der Waals surface area (Å²) in [5.74, 6) is -0.970. The smallest absolute Gasteiger partial charge is 0.407 e. The molecule has 2 amide bonds. The standard InChI is InChI=1S/C16H21ClN2O4/c1-16(2,23)13(11-4-3-5-12(17)10-11)14(20)18-6-8-19(9-7-18)15(21)22/h3-5,10,13,23H,6-9H2,1-2H3,(H,21,22). The maximum atomic E-state index is 12.9. The summed E-state index contributed by atoms with van der Waals surface area (Å²) < 4.78 is 0. The van der Waals surface area contributed by atoms with Crippen molar-refractivity contribution in [2.75, 3.05) is 26.2 Å². The van der Waals surface area contributed by atoms with E-state index in [1.165, 1.54) is 4.90 Å². The van der Waals surface area contributed by atoms with E-state index in [0.717, 1.165) is 0 Å². The predicted octanol–water partition coefficient (Wildman–Crippen LogP) is 2.02. The van der Waals surface area contributed by atoms with Gasteiger partial charge in [-0.25, -0.2) is 4.79 Å². The third-order valence-corrected chi connectivity index (χ3v) is 4.23. The van der Waals surface area contributed by atoms with E-state index in [2.05, 4.69) is 0 Å². The number of hydrogen-bond acceptors (Lipinski definition) is 3. The van der Waals surface area contributed by atoms with Gasteiger partial charge >= 0.3 is 6.09 Å². The molecule has 0 bridgehead atoms. The van der Waals surface area contributed by atoms with Crippen LogP contribution in [0.25, 0.3) is 0 Å². The molecule has 0 aromatic heterocycles. The van der Waals surface area contributed by atoms with Crippen LogP contribution in [0.3, 0.4) is 0 Å². The number of halogens is 1. The summed E-state index contributed by atoms with van der Waals surface area (Å²) in [6.07, 6.45) is -0.981. The number of carboxylic acid groups (broad SMARTS) is 1. The molecule has 6 nitrogen and oxygen atoms in total. The Morgan fingerprint density at radius 1 is 1.17 bits per heavy atom. The van der Waals surface area contributed by atoms with E-state index in [1.54, 1.807) is 43.0 Å². The topological polar surface area (TPSA) is 81.1 Å². The molecule has 1 aliphatic heterocycles. The first-order valence-corrected chi connectivity index (χ1v) is 7.82. The highest BCUT2D eigenvalue weighted by molar-refractivity contribution is 6.30. The van der Waals surface area contributed by atoms with Gasteiger partial charge in [-0.3, -0.25) is 4.79 Å². The van der Waals surface area contributed by atoms with Gasteiger partial charge in [0.25, 0.3) is 0 Å². The first-order chi connectivity index (χ1) is 10.7. The Bertz CT molecular complexity index is 592. The molecule has 1 aliphatic rings. The number of amides is 2. The van der Waals surface area contributed by atoms with Crippen molar-refractivity contribution in [2.24, 2.45) is 0 Å². The minimum absolute atomic E-state index is 0.218. The van der Waals surface area contributed by atoms with E-state index in [-0.39, 0.29) is 19.0 Å². The van der Waals surface area contributed by atoms with Gasteiger partial charge in [-0.2, -0.15) is 0 Å². The molecule has 0 saturated carbocycles. The molecule has 0 radical (unpaired) electrons. The predicted molar refractivity (Wildman–Crippen MR) is 86.7 cm³/mol. The molecular weight excluding hydrogens is 320 g/mol. The van der Waals surface area contributed by atoms with Gasteiger partial charge in [0.2, 0.25) is 5.91 Å². The summed E-state index contributed by atoms with van der Waals surface area (Å²) in [5, 5.41) is 19.9. The molecule has 126 valence electrons. The van der Waals surface area contributed by atoms with Gasteiger partial charge in [-0.1, -0.05) is 23.7 Å². The second-order valence-electron chi connectivity index (χ2n) is 6.24. The van der Waals surface area contributed by atoms with Crippen molar-refractivity contribution in [3.63, 3.8) is 0 Å². The van der Waals surface area contributed by atoms with Crippen LogP contribution in [0.1, 0.15) is 25.3 Å². The summed E-state index contributed by atoms with van der Waals surface area (Å²) >= 11 is 6.00. The number of piperazine rings is 1. The molecule has 0 aliphatic carbocycles. The molecular formula is C16H21ClN2O4. The monoisotopic (exact) mass is 340 g/mol. The first-order valence-electron chi connectivity index (χ1n) is 7.44. The van der Waals surface area contributed by atoms with Gasteiger partial charge in [0.15, 0.2) is 0 Å². The largest absolute Gasteiger partial charge is 0.465 e. The average Bonchev–Trinajstić information content (AvgIpc) is 2.46. The summed E-state index contributed by atoms with van der Waals surface area (Å²) in [6.45, 7) is 4.36. The third kappa shape index (κ3) is 4.14. The Labute approximate surface area is 140 Å². The zero-order valence-corrected chi connectivity index (χ0v) is 14.0. The normalized spacial score (nSPS) is 17.0. The fourth-order valence-corrected chi connectivity index (χ4v) is 3.04.